The van der Waals surface area contributed by atoms with E-state index in [0.717, 1.165) is 24.3 Å². The fraction of sp³-hybridized carbons (Fsp3) is 0. The lowest BCUT2D eigenvalue weighted by Crippen LogP contribution is -2.04. The highest BCUT2D eigenvalue weighted by Gasteiger charge is 2.17. The number of halogens is 2. The Kier molecular flexibility index (Phi) is 7.30. The van der Waals surface area contributed by atoms with Crippen LogP contribution in [0.1, 0.15) is 0 Å². The third kappa shape index (κ3) is 6.75. The molecule has 0 heterocycles. The van der Waals surface area contributed by atoms with Gasteiger partial charge in [0, 0.05) is 5.69 Å². The molecule has 7 N–H and O–H groups in total. The second kappa shape index (κ2) is 8.38. The Balaban J connectivity index is 0.000000283. The first-order valence-electron chi connectivity index (χ1n) is 6.50. The molecule has 0 saturated carbocycles. The lowest BCUT2D eigenvalue weighted by atomic mass is 10.3. The van der Waals surface area contributed by atoms with E-state index in [-0.39, 0.29) is 21.4 Å². The number of nitrogen functional groups attached to an aromatic ring is 2. The van der Waals surface area contributed by atoms with Gasteiger partial charge in [0.1, 0.15) is 4.90 Å². The van der Waals surface area contributed by atoms with Gasteiger partial charge in [-0.25, -0.2) is 0 Å². The molecular formula is C12H12Cl2N2O9S3. The van der Waals surface area contributed by atoms with Crippen LogP contribution in [0.4, 0.5) is 11.4 Å². The molecule has 16 heteroatoms. The van der Waals surface area contributed by atoms with Crippen LogP contribution in [-0.2, 0) is 30.4 Å². The summed E-state index contributed by atoms with van der Waals surface area (Å²) >= 11 is 11.0. The van der Waals surface area contributed by atoms with Crippen LogP contribution in [0.3, 0.4) is 0 Å². The van der Waals surface area contributed by atoms with Gasteiger partial charge in [-0.3, -0.25) is 13.7 Å². The van der Waals surface area contributed by atoms with Crippen molar-refractivity contribution in [3.8, 4) is 0 Å². The van der Waals surface area contributed by atoms with Crippen molar-refractivity contribution in [1.82, 2.24) is 0 Å². The van der Waals surface area contributed by atoms with Crippen molar-refractivity contribution >= 4 is 64.9 Å². The standard InChI is InChI=1S/C6H5Cl2NO3S.C6H7NO6S2/c7-3-2-6(13(10,11)12)4(8)1-5(3)9;7-4-1-5(14(8,9)10)3-6(2-4)15(11,12)13/h1-2H,9H2,(H,10,11,12);1-3H,7H2,(H,8,9,10)(H,11,12,13). The lowest BCUT2D eigenvalue weighted by molar-refractivity contribution is 0.479. The Morgan fingerprint density at radius 2 is 1.07 bits per heavy atom. The molecule has 0 amide bonds. The van der Waals surface area contributed by atoms with Gasteiger partial charge >= 0.3 is 0 Å². The van der Waals surface area contributed by atoms with Crippen molar-refractivity contribution in [3.63, 3.8) is 0 Å². The number of nitrogens with two attached hydrogens (primary N) is 2. The molecule has 0 atom stereocenters. The second-order valence-corrected chi connectivity index (χ2v) is 10.0. The zero-order valence-electron chi connectivity index (χ0n) is 13.3. The van der Waals surface area contributed by atoms with Crippen LogP contribution in [0.15, 0.2) is 45.0 Å². The minimum absolute atomic E-state index is 0.0250. The molecule has 2 aromatic rings. The number of rotatable bonds is 3. The average Bonchev–Trinajstić information content (AvgIpc) is 2.48. The molecule has 156 valence electrons. The average molecular weight is 495 g/mol. The topological polar surface area (TPSA) is 215 Å². The molecular weight excluding hydrogens is 483 g/mol. The van der Waals surface area contributed by atoms with Crippen LogP contribution < -0.4 is 11.5 Å². The summed E-state index contributed by atoms with van der Waals surface area (Å²) in [4.78, 5) is -1.85. The fourth-order valence-corrected chi connectivity index (χ4v) is 4.09. The van der Waals surface area contributed by atoms with E-state index >= 15 is 0 Å². The van der Waals surface area contributed by atoms with Crippen LogP contribution in [0, 0.1) is 0 Å². The predicted octanol–water partition coefficient (Wildman–Crippen LogP) is 1.58. The molecule has 0 radical (unpaired) electrons. The van der Waals surface area contributed by atoms with Gasteiger partial charge in [-0.15, -0.1) is 0 Å². The number of benzene rings is 2. The maximum absolute atomic E-state index is 10.7. The van der Waals surface area contributed by atoms with Crippen molar-refractivity contribution in [2.24, 2.45) is 0 Å². The van der Waals surface area contributed by atoms with Crippen molar-refractivity contribution < 1.29 is 38.9 Å². The summed E-state index contributed by atoms with van der Waals surface area (Å²) in [5.74, 6) is 0. The predicted molar refractivity (Wildman–Crippen MR) is 101 cm³/mol. The van der Waals surface area contributed by atoms with Gasteiger partial charge in [0.2, 0.25) is 0 Å². The van der Waals surface area contributed by atoms with E-state index in [1.807, 2.05) is 0 Å². The van der Waals surface area contributed by atoms with Gasteiger partial charge < -0.3 is 11.5 Å². The van der Waals surface area contributed by atoms with Crippen molar-refractivity contribution in [2.75, 3.05) is 11.5 Å². The third-order valence-electron chi connectivity index (χ3n) is 2.83. The van der Waals surface area contributed by atoms with Gasteiger partial charge in [0.25, 0.3) is 30.4 Å². The largest absolute Gasteiger partial charge is 0.399 e. The molecule has 0 saturated heterocycles. The highest BCUT2D eigenvalue weighted by atomic mass is 35.5. The van der Waals surface area contributed by atoms with Crippen LogP contribution in [0.25, 0.3) is 0 Å². The molecule has 0 aliphatic rings. The highest BCUT2D eigenvalue weighted by molar-refractivity contribution is 7.86. The Morgan fingerprint density at radius 3 is 1.43 bits per heavy atom. The lowest BCUT2D eigenvalue weighted by Gasteiger charge is -2.03. The maximum Gasteiger partial charge on any atom is 0.296 e. The van der Waals surface area contributed by atoms with E-state index in [2.05, 4.69) is 0 Å². The number of hydrogen-bond acceptors (Lipinski definition) is 8. The van der Waals surface area contributed by atoms with E-state index in [1.54, 1.807) is 0 Å². The van der Waals surface area contributed by atoms with Crippen LogP contribution in [0.5, 0.6) is 0 Å². The summed E-state index contributed by atoms with van der Waals surface area (Å²) in [5, 5.41) is -0.138. The van der Waals surface area contributed by atoms with E-state index < -0.39 is 45.0 Å². The minimum Gasteiger partial charge on any atom is -0.399 e. The van der Waals surface area contributed by atoms with Gasteiger partial charge in [-0.1, -0.05) is 23.2 Å². The molecule has 0 fully saturated rings. The Labute approximate surface area is 170 Å². The first kappa shape index (κ1) is 24.4. The summed E-state index contributed by atoms with van der Waals surface area (Å²) in [5.41, 5.74) is 10.5. The number of anilines is 2. The molecule has 0 unspecified atom stereocenters. The van der Waals surface area contributed by atoms with Gasteiger partial charge in [-0.05, 0) is 30.3 Å². The highest BCUT2D eigenvalue weighted by Crippen LogP contribution is 2.29. The Morgan fingerprint density at radius 1 is 0.643 bits per heavy atom. The first-order chi connectivity index (χ1) is 12.4. The molecule has 2 rings (SSSR count). The van der Waals surface area contributed by atoms with Crippen LogP contribution >= 0.6 is 23.2 Å². The molecule has 0 aliphatic carbocycles. The fourth-order valence-electron chi connectivity index (χ4n) is 1.63. The summed E-state index contributed by atoms with van der Waals surface area (Å²) in [6.45, 7) is 0. The van der Waals surface area contributed by atoms with E-state index in [9.17, 15) is 25.3 Å². The Hall–Kier alpha value is -1.65. The molecule has 28 heavy (non-hydrogen) atoms. The first-order valence-corrected chi connectivity index (χ1v) is 11.6. The normalized spacial score (nSPS) is 12.2. The Bertz CT molecular complexity index is 1180. The molecule has 0 aliphatic heterocycles. The number of hydrogen-bond donors (Lipinski definition) is 5. The van der Waals surface area contributed by atoms with E-state index in [4.69, 9.17) is 48.3 Å². The quantitative estimate of drug-likeness (QED) is 0.304. The molecule has 0 bridgehead atoms. The summed E-state index contributed by atoms with van der Waals surface area (Å²) < 4.78 is 90.1. The SMILES string of the molecule is Nc1cc(Cl)c(S(=O)(=O)O)cc1Cl.Nc1cc(S(=O)(=O)O)cc(S(=O)(=O)O)c1. The van der Waals surface area contributed by atoms with Gasteiger partial charge in [0.15, 0.2) is 0 Å². The van der Waals surface area contributed by atoms with Crippen LogP contribution in [0.2, 0.25) is 10.0 Å². The van der Waals surface area contributed by atoms with Gasteiger partial charge in [0.05, 0.1) is 25.5 Å². The zero-order valence-corrected chi connectivity index (χ0v) is 17.3. The van der Waals surface area contributed by atoms with E-state index in [0.29, 0.717) is 6.07 Å². The minimum atomic E-state index is -4.56. The van der Waals surface area contributed by atoms with Crippen molar-refractivity contribution in [1.29, 1.82) is 0 Å². The monoisotopic (exact) mass is 494 g/mol. The van der Waals surface area contributed by atoms with Gasteiger partial charge in [-0.2, -0.15) is 25.3 Å². The molecule has 2 aromatic carbocycles. The van der Waals surface area contributed by atoms with E-state index in [1.165, 1.54) is 0 Å². The summed E-state index contributed by atoms with van der Waals surface area (Å²) in [6, 6.07) is 4.48. The van der Waals surface area contributed by atoms with Crippen molar-refractivity contribution in [2.45, 2.75) is 14.7 Å². The molecule has 11 nitrogen and oxygen atoms in total. The molecule has 0 aromatic heterocycles. The summed E-state index contributed by atoms with van der Waals surface area (Å²) in [7, 11) is -13.5. The summed E-state index contributed by atoms with van der Waals surface area (Å²) in [6.07, 6.45) is 0. The van der Waals surface area contributed by atoms with Crippen molar-refractivity contribution in [3.05, 3.63) is 40.4 Å². The third-order valence-corrected chi connectivity index (χ3v) is 6.14. The maximum atomic E-state index is 10.7. The zero-order chi connectivity index (χ0) is 22.1. The second-order valence-electron chi connectivity index (χ2n) is 4.97. The molecule has 0 spiro atoms. The smallest absolute Gasteiger partial charge is 0.296 e. The van der Waals surface area contributed by atoms with Crippen LogP contribution in [-0.4, -0.2) is 38.9 Å².